The van der Waals surface area contributed by atoms with Crippen molar-refractivity contribution >= 4 is 11.8 Å². The van der Waals surface area contributed by atoms with E-state index in [9.17, 15) is 0 Å². The van der Waals surface area contributed by atoms with Crippen molar-refractivity contribution in [2.45, 2.75) is 13.5 Å². The van der Waals surface area contributed by atoms with Crippen molar-refractivity contribution in [1.82, 2.24) is 15.2 Å². The topological polar surface area (TPSA) is 53.0 Å². The SMILES string of the molecule is CCNC(=NCc1cccnc1N(C)C)N(C)CCOc1ccccc1. The summed E-state index contributed by atoms with van der Waals surface area (Å²) in [6.07, 6.45) is 1.81. The first-order chi connectivity index (χ1) is 12.6. The number of nitrogens with zero attached hydrogens (tertiary/aromatic N) is 4. The van der Waals surface area contributed by atoms with E-state index in [4.69, 9.17) is 9.73 Å². The van der Waals surface area contributed by atoms with Gasteiger partial charge < -0.3 is 19.9 Å². The van der Waals surface area contributed by atoms with Crippen molar-refractivity contribution in [2.24, 2.45) is 4.99 Å². The maximum absolute atomic E-state index is 5.78. The molecule has 1 heterocycles. The van der Waals surface area contributed by atoms with E-state index < -0.39 is 0 Å². The van der Waals surface area contributed by atoms with Crippen LogP contribution in [0.1, 0.15) is 12.5 Å². The molecule has 0 aliphatic heterocycles. The second-order valence-electron chi connectivity index (χ2n) is 6.13. The van der Waals surface area contributed by atoms with Crippen LogP contribution in [0.2, 0.25) is 0 Å². The van der Waals surface area contributed by atoms with E-state index in [1.54, 1.807) is 6.20 Å². The summed E-state index contributed by atoms with van der Waals surface area (Å²) in [5, 5.41) is 3.34. The zero-order chi connectivity index (χ0) is 18.8. The standard InChI is InChI=1S/C20H29N5O/c1-5-21-20(23-16-17-10-9-13-22-19(17)24(2)3)25(4)14-15-26-18-11-7-6-8-12-18/h6-13H,5,14-16H2,1-4H3,(H,21,23). The minimum Gasteiger partial charge on any atom is -0.492 e. The number of rotatable bonds is 8. The van der Waals surface area contributed by atoms with Gasteiger partial charge in [0.25, 0.3) is 0 Å². The molecule has 0 saturated heterocycles. The number of guanidine groups is 1. The first kappa shape index (κ1) is 19.6. The Labute approximate surface area is 156 Å². The molecule has 0 fully saturated rings. The van der Waals surface area contributed by atoms with Crippen LogP contribution in [0.4, 0.5) is 5.82 Å². The lowest BCUT2D eigenvalue weighted by Gasteiger charge is -2.22. The maximum Gasteiger partial charge on any atom is 0.194 e. The smallest absolute Gasteiger partial charge is 0.194 e. The van der Waals surface area contributed by atoms with E-state index in [0.29, 0.717) is 13.2 Å². The number of benzene rings is 1. The molecule has 0 amide bonds. The first-order valence-electron chi connectivity index (χ1n) is 8.90. The number of aromatic nitrogens is 1. The summed E-state index contributed by atoms with van der Waals surface area (Å²) in [6.45, 7) is 4.80. The Morgan fingerprint density at radius 2 is 1.88 bits per heavy atom. The maximum atomic E-state index is 5.78. The summed E-state index contributed by atoms with van der Waals surface area (Å²) < 4.78 is 5.78. The average Bonchev–Trinajstić information content (AvgIpc) is 2.66. The van der Waals surface area contributed by atoms with Gasteiger partial charge in [-0.1, -0.05) is 24.3 Å². The lowest BCUT2D eigenvalue weighted by Crippen LogP contribution is -2.40. The summed E-state index contributed by atoms with van der Waals surface area (Å²) in [4.78, 5) is 13.3. The van der Waals surface area contributed by atoms with Gasteiger partial charge in [0.2, 0.25) is 0 Å². The van der Waals surface area contributed by atoms with Crippen molar-refractivity contribution in [2.75, 3.05) is 45.7 Å². The number of hydrogen-bond donors (Lipinski definition) is 1. The number of pyridine rings is 1. The molecule has 26 heavy (non-hydrogen) atoms. The normalized spacial score (nSPS) is 11.2. The highest BCUT2D eigenvalue weighted by atomic mass is 16.5. The number of aliphatic imine (C=N–C) groups is 1. The van der Waals surface area contributed by atoms with Gasteiger partial charge in [-0.15, -0.1) is 0 Å². The van der Waals surface area contributed by atoms with Crippen LogP contribution in [-0.4, -0.2) is 56.7 Å². The van der Waals surface area contributed by atoms with Crippen molar-refractivity contribution in [1.29, 1.82) is 0 Å². The molecule has 0 spiro atoms. The molecule has 0 unspecified atom stereocenters. The van der Waals surface area contributed by atoms with E-state index in [1.165, 1.54) is 0 Å². The third kappa shape index (κ3) is 5.95. The van der Waals surface area contributed by atoms with Gasteiger partial charge in [0, 0.05) is 39.4 Å². The molecule has 0 aliphatic carbocycles. The fourth-order valence-corrected chi connectivity index (χ4v) is 2.51. The van der Waals surface area contributed by atoms with Gasteiger partial charge >= 0.3 is 0 Å². The van der Waals surface area contributed by atoms with Gasteiger partial charge in [-0.05, 0) is 25.1 Å². The third-order valence-electron chi connectivity index (χ3n) is 3.83. The predicted molar refractivity (Wildman–Crippen MR) is 108 cm³/mol. The van der Waals surface area contributed by atoms with E-state index in [-0.39, 0.29) is 0 Å². The molecule has 1 aromatic heterocycles. The molecule has 0 bridgehead atoms. The van der Waals surface area contributed by atoms with Gasteiger partial charge in [-0.2, -0.15) is 0 Å². The van der Waals surface area contributed by atoms with Crippen LogP contribution in [0.3, 0.4) is 0 Å². The van der Waals surface area contributed by atoms with Crippen LogP contribution in [0.25, 0.3) is 0 Å². The summed E-state index contributed by atoms with van der Waals surface area (Å²) in [5.74, 6) is 2.69. The monoisotopic (exact) mass is 355 g/mol. The van der Waals surface area contributed by atoms with E-state index in [0.717, 1.165) is 36.2 Å². The minimum absolute atomic E-state index is 0.577. The van der Waals surface area contributed by atoms with Crippen LogP contribution in [0.15, 0.2) is 53.7 Å². The molecular weight excluding hydrogens is 326 g/mol. The number of nitrogens with one attached hydrogen (secondary N) is 1. The fraction of sp³-hybridized carbons (Fsp3) is 0.400. The molecule has 0 radical (unpaired) electrons. The molecule has 2 aromatic rings. The summed E-state index contributed by atoms with van der Waals surface area (Å²) in [5.41, 5.74) is 1.10. The summed E-state index contributed by atoms with van der Waals surface area (Å²) in [6, 6.07) is 13.9. The molecule has 6 nitrogen and oxygen atoms in total. The molecule has 0 aliphatic rings. The van der Waals surface area contributed by atoms with Crippen LogP contribution < -0.4 is 15.0 Å². The van der Waals surface area contributed by atoms with Crippen LogP contribution in [0.5, 0.6) is 5.75 Å². The molecule has 0 saturated carbocycles. The molecule has 0 atom stereocenters. The minimum atomic E-state index is 0.577. The Kier molecular flexibility index (Phi) is 7.74. The Morgan fingerprint density at radius 1 is 1.12 bits per heavy atom. The van der Waals surface area contributed by atoms with E-state index >= 15 is 0 Å². The Bertz CT molecular complexity index is 688. The van der Waals surface area contributed by atoms with Crippen LogP contribution >= 0.6 is 0 Å². The second kappa shape index (κ2) is 10.3. The van der Waals surface area contributed by atoms with Crippen molar-refractivity contribution in [3.05, 3.63) is 54.2 Å². The van der Waals surface area contributed by atoms with E-state index in [1.807, 2.05) is 62.4 Å². The van der Waals surface area contributed by atoms with Crippen molar-refractivity contribution < 1.29 is 4.74 Å². The Balaban J connectivity index is 1.97. The molecule has 140 valence electrons. The van der Waals surface area contributed by atoms with Crippen LogP contribution in [0, 0.1) is 0 Å². The number of anilines is 1. The quantitative estimate of drug-likeness (QED) is 0.583. The highest BCUT2D eigenvalue weighted by Gasteiger charge is 2.08. The summed E-state index contributed by atoms with van der Waals surface area (Å²) in [7, 11) is 6.01. The number of hydrogen-bond acceptors (Lipinski definition) is 4. The van der Waals surface area contributed by atoms with E-state index in [2.05, 4.69) is 28.2 Å². The zero-order valence-electron chi connectivity index (χ0n) is 16.1. The zero-order valence-corrected chi connectivity index (χ0v) is 16.1. The number of ether oxygens (including phenoxy) is 1. The van der Waals surface area contributed by atoms with Crippen molar-refractivity contribution in [3.8, 4) is 5.75 Å². The number of para-hydroxylation sites is 1. The lowest BCUT2D eigenvalue weighted by molar-refractivity contribution is 0.281. The van der Waals surface area contributed by atoms with Gasteiger partial charge in [0.1, 0.15) is 18.2 Å². The molecule has 1 aromatic carbocycles. The van der Waals surface area contributed by atoms with Gasteiger partial charge in [0.05, 0.1) is 13.1 Å². The highest BCUT2D eigenvalue weighted by molar-refractivity contribution is 5.79. The third-order valence-corrected chi connectivity index (χ3v) is 3.83. The molecule has 1 N–H and O–H groups in total. The highest BCUT2D eigenvalue weighted by Crippen LogP contribution is 2.15. The average molecular weight is 355 g/mol. The molecule has 6 heteroatoms. The Hall–Kier alpha value is -2.76. The van der Waals surface area contributed by atoms with Gasteiger partial charge in [-0.3, -0.25) is 0 Å². The first-order valence-corrected chi connectivity index (χ1v) is 8.90. The molecular formula is C20H29N5O. The van der Waals surface area contributed by atoms with Gasteiger partial charge in [-0.25, -0.2) is 9.98 Å². The molecule has 2 rings (SSSR count). The predicted octanol–water partition coefficient (Wildman–Crippen LogP) is 2.62. The largest absolute Gasteiger partial charge is 0.492 e. The Morgan fingerprint density at radius 3 is 2.58 bits per heavy atom. The van der Waals surface area contributed by atoms with Crippen molar-refractivity contribution in [3.63, 3.8) is 0 Å². The lowest BCUT2D eigenvalue weighted by atomic mass is 10.2. The summed E-state index contributed by atoms with van der Waals surface area (Å²) >= 11 is 0. The second-order valence-corrected chi connectivity index (χ2v) is 6.13. The fourth-order valence-electron chi connectivity index (χ4n) is 2.51. The van der Waals surface area contributed by atoms with Gasteiger partial charge in [0.15, 0.2) is 5.96 Å². The van der Waals surface area contributed by atoms with Crippen LogP contribution in [-0.2, 0) is 6.54 Å². The number of likely N-dealkylation sites (N-methyl/N-ethyl adjacent to an activating group) is 1.